The molecule has 0 atom stereocenters. The highest BCUT2D eigenvalue weighted by Gasteiger charge is 2.62. The van der Waals surface area contributed by atoms with Crippen LogP contribution < -0.4 is 20.1 Å². The normalized spacial score (nSPS) is 22.1. The number of nitrogens with zero attached hydrogens (tertiary/aromatic N) is 8. The van der Waals surface area contributed by atoms with Crippen LogP contribution in [0.25, 0.3) is 16.9 Å². The highest BCUT2D eigenvalue weighted by molar-refractivity contribution is 5.98. The van der Waals surface area contributed by atoms with Gasteiger partial charge in [0.05, 0.1) is 63.1 Å². The van der Waals surface area contributed by atoms with Crippen molar-refractivity contribution in [3.63, 3.8) is 0 Å². The van der Waals surface area contributed by atoms with Crippen LogP contribution in [0.2, 0.25) is 0 Å². The van der Waals surface area contributed by atoms with Gasteiger partial charge >= 0.3 is 17.9 Å². The number of carboxylic acids is 3. The molecule has 1 aliphatic heterocycles. The van der Waals surface area contributed by atoms with Gasteiger partial charge in [0.1, 0.15) is 17.0 Å². The van der Waals surface area contributed by atoms with Crippen LogP contribution in [0, 0.1) is 23.7 Å². The van der Waals surface area contributed by atoms with Gasteiger partial charge in [0.15, 0.2) is 5.69 Å². The summed E-state index contributed by atoms with van der Waals surface area (Å²) in [5.41, 5.74) is 1.42. The van der Waals surface area contributed by atoms with Crippen LogP contribution in [0.15, 0.2) is 54.8 Å². The SMILES string of the molecule is C=C(O)CN1CCN(CC(=O)O)CCN(CC(=O)NCCCN(CCCN(C)C)C(=O)c2ccc(-n3nc(C(=O)NC4(C(=O)O)C5CC6CC(C5)CC4C6)cc3-c3c(OC)cccc3OC)c(C(C)C)c2)CCN(CC(=O)O)CC1. The molecule has 5 aliphatic rings. The minimum Gasteiger partial charge on any atom is -0.512 e. The minimum atomic E-state index is -1.40. The first-order valence-corrected chi connectivity index (χ1v) is 28.1. The second kappa shape index (κ2) is 27.7. The summed E-state index contributed by atoms with van der Waals surface area (Å²) in [6.07, 6.45) is 5.34. The molecule has 8 rings (SSSR count). The molecule has 2 heterocycles. The number of aliphatic hydroxyl groups excluding tert-OH is 1. The third-order valence-electron chi connectivity index (χ3n) is 16.5. The van der Waals surface area contributed by atoms with Crippen LogP contribution in [0.3, 0.4) is 0 Å². The van der Waals surface area contributed by atoms with Gasteiger partial charge < -0.3 is 50.3 Å². The number of rotatable bonds is 25. The Balaban J connectivity index is 1.09. The molecule has 3 aromatic rings. The second-order valence-electron chi connectivity index (χ2n) is 22.8. The van der Waals surface area contributed by atoms with Crippen LogP contribution in [0.4, 0.5) is 0 Å². The first-order chi connectivity index (χ1) is 38.2. The summed E-state index contributed by atoms with van der Waals surface area (Å²) in [6.45, 7) is 12.1. The highest BCUT2D eigenvalue weighted by atomic mass is 16.5. The summed E-state index contributed by atoms with van der Waals surface area (Å²) < 4.78 is 13.4. The van der Waals surface area contributed by atoms with E-state index in [0.717, 1.165) is 44.2 Å². The van der Waals surface area contributed by atoms with E-state index < -0.39 is 29.4 Å². The molecule has 4 saturated carbocycles. The molecule has 438 valence electrons. The van der Waals surface area contributed by atoms with E-state index in [-0.39, 0.29) is 73.7 Å². The lowest BCUT2D eigenvalue weighted by atomic mass is 9.48. The number of hydrogen-bond acceptors (Lipinski definition) is 15. The number of carboxylic acid groups (broad SMARTS) is 3. The molecule has 80 heavy (non-hydrogen) atoms. The van der Waals surface area contributed by atoms with E-state index in [1.54, 1.807) is 63.9 Å². The summed E-state index contributed by atoms with van der Waals surface area (Å²) in [4.78, 5) is 91.2. The average molecular weight is 1110 g/mol. The Hall–Kier alpha value is -6.59. The second-order valence-corrected chi connectivity index (χ2v) is 22.8. The van der Waals surface area contributed by atoms with Gasteiger partial charge in [-0.25, -0.2) is 9.48 Å². The Kier molecular flexibility index (Phi) is 21.2. The van der Waals surface area contributed by atoms with Crippen molar-refractivity contribution < 1.29 is 58.7 Å². The Bertz CT molecular complexity index is 2610. The fourth-order valence-electron chi connectivity index (χ4n) is 12.8. The van der Waals surface area contributed by atoms with Gasteiger partial charge in [0, 0.05) is 77.6 Å². The van der Waals surface area contributed by atoms with E-state index in [0.29, 0.717) is 124 Å². The third-order valence-corrected chi connectivity index (χ3v) is 16.5. The summed E-state index contributed by atoms with van der Waals surface area (Å²) in [5, 5.41) is 51.2. The Morgan fingerprint density at radius 2 is 1.24 bits per heavy atom. The number of aliphatic carboxylic acids is 3. The van der Waals surface area contributed by atoms with Gasteiger partial charge in [-0.05, 0) is 137 Å². The first kappa shape index (κ1) is 61.0. The van der Waals surface area contributed by atoms with Gasteiger partial charge in [0.2, 0.25) is 5.91 Å². The summed E-state index contributed by atoms with van der Waals surface area (Å²) in [7, 11) is 7.03. The quantitative estimate of drug-likeness (QED) is 0.0516. The molecule has 2 aromatic carbocycles. The molecular weight excluding hydrogens is 1030 g/mol. The number of hydrogen-bond donors (Lipinski definition) is 6. The maximum Gasteiger partial charge on any atom is 0.330 e. The summed E-state index contributed by atoms with van der Waals surface area (Å²) in [5.74, 6) is -2.69. The van der Waals surface area contributed by atoms with Gasteiger partial charge in [-0.15, -0.1) is 0 Å². The fourth-order valence-corrected chi connectivity index (χ4v) is 12.8. The van der Waals surface area contributed by atoms with Gasteiger partial charge in [-0.2, -0.15) is 5.10 Å². The van der Waals surface area contributed by atoms with Crippen molar-refractivity contribution in [3.8, 4) is 28.4 Å². The number of carbonyl (C=O) groups excluding carboxylic acids is 3. The monoisotopic (exact) mass is 1110 g/mol. The Labute approximate surface area is 469 Å². The van der Waals surface area contributed by atoms with Crippen LogP contribution >= 0.6 is 0 Å². The third kappa shape index (κ3) is 15.2. The molecular formula is C58H84N10O12. The number of ether oxygens (including phenoxy) is 2. The number of amides is 3. The lowest BCUT2D eigenvalue weighted by Crippen LogP contribution is -2.70. The fraction of sp³-hybridized carbons (Fsp3) is 0.603. The molecule has 0 radical (unpaired) electrons. The van der Waals surface area contributed by atoms with E-state index in [4.69, 9.17) is 14.6 Å². The molecule has 1 saturated heterocycles. The van der Waals surface area contributed by atoms with E-state index in [9.17, 15) is 49.2 Å². The van der Waals surface area contributed by atoms with Gasteiger partial charge in [0.25, 0.3) is 11.8 Å². The smallest absolute Gasteiger partial charge is 0.330 e. The zero-order valence-corrected chi connectivity index (χ0v) is 47.5. The topological polar surface area (TPSA) is 263 Å². The number of aliphatic hydroxyl groups is 1. The number of methoxy groups -OCH3 is 2. The number of benzene rings is 2. The maximum absolute atomic E-state index is 14.7. The van der Waals surface area contributed by atoms with Crippen molar-refractivity contribution in [2.45, 2.75) is 70.3 Å². The molecule has 4 bridgehead atoms. The van der Waals surface area contributed by atoms with Crippen LogP contribution in [-0.2, 0) is 19.2 Å². The number of carbonyl (C=O) groups is 6. The van der Waals surface area contributed by atoms with Crippen LogP contribution in [0.5, 0.6) is 11.5 Å². The van der Waals surface area contributed by atoms with Gasteiger partial charge in [-0.3, -0.25) is 43.6 Å². The predicted octanol–water partition coefficient (Wildman–Crippen LogP) is 4.05. The predicted molar refractivity (Wildman–Crippen MR) is 301 cm³/mol. The van der Waals surface area contributed by atoms with Crippen molar-refractivity contribution in [1.82, 2.24) is 49.8 Å². The van der Waals surface area contributed by atoms with Crippen molar-refractivity contribution in [2.75, 3.05) is 133 Å². The molecule has 0 spiro atoms. The molecule has 0 unspecified atom stereocenters. The zero-order chi connectivity index (χ0) is 57.8. The van der Waals surface area contributed by atoms with Crippen molar-refractivity contribution in [3.05, 3.63) is 71.6 Å². The minimum absolute atomic E-state index is 0.00708. The molecule has 5 fully saturated rings. The maximum atomic E-state index is 14.7. The molecule has 1 aromatic heterocycles. The number of aromatic nitrogens is 2. The molecule has 6 N–H and O–H groups in total. The van der Waals surface area contributed by atoms with Crippen LogP contribution in [0.1, 0.15) is 91.1 Å². The molecule has 22 nitrogen and oxygen atoms in total. The van der Waals surface area contributed by atoms with Crippen molar-refractivity contribution >= 4 is 35.6 Å². The standard InChI is InChI=1S/C58H84N10O12/c1-38(2)45-32-42(13-14-47(45)68-48(54-49(79-6)11-8-12-50(54)80-7)33-46(61-68)55(75)60-58(57(77)78)43-28-40-27-41(30-43)31-44(58)29-40)56(76)67(18-10-16-62(4)5)17-9-15-59-51(70)35-64-21-25-65(36-52(71)72)23-19-63(34-39(3)69)20-24-66(26-22-64)37-53(73)74/h8,11-14,32-33,38,40-41,43-44,69H,3,9-10,15-31,34-37H2,1-2,4-7H3,(H,59,70)(H,60,75)(H,71,72)(H,73,74)(H,77,78). The first-order valence-electron chi connectivity index (χ1n) is 28.1. The Morgan fingerprint density at radius 3 is 1.73 bits per heavy atom. The molecule has 3 amide bonds. The molecule has 22 heteroatoms. The van der Waals surface area contributed by atoms with Crippen molar-refractivity contribution in [2.24, 2.45) is 23.7 Å². The van der Waals surface area contributed by atoms with Crippen LogP contribution in [-0.4, -0.2) is 234 Å². The zero-order valence-electron chi connectivity index (χ0n) is 47.5. The lowest BCUT2D eigenvalue weighted by molar-refractivity contribution is -0.163. The highest BCUT2D eigenvalue weighted by Crippen LogP contribution is 2.58. The Morgan fingerprint density at radius 1 is 0.713 bits per heavy atom. The van der Waals surface area contributed by atoms with E-state index in [1.165, 1.54) is 0 Å². The summed E-state index contributed by atoms with van der Waals surface area (Å²) in [6, 6.07) is 12.4. The van der Waals surface area contributed by atoms with E-state index in [1.807, 2.05) is 49.9 Å². The lowest BCUT2D eigenvalue weighted by Gasteiger charge is -2.59. The summed E-state index contributed by atoms with van der Waals surface area (Å²) >= 11 is 0. The molecule has 4 aliphatic carbocycles. The van der Waals surface area contributed by atoms with E-state index in [2.05, 4.69) is 22.1 Å². The van der Waals surface area contributed by atoms with Crippen molar-refractivity contribution in [1.29, 1.82) is 0 Å². The van der Waals surface area contributed by atoms with E-state index >= 15 is 0 Å². The average Bonchev–Trinajstić information content (AvgIpc) is 3.84. The van der Waals surface area contributed by atoms with Gasteiger partial charge in [-0.1, -0.05) is 26.5 Å². The number of nitrogens with one attached hydrogen (secondary N) is 2. The largest absolute Gasteiger partial charge is 0.512 e.